The van der Waals surface area contributed by atoms with Crippen molar-refractivity contribution >= 4 is 11.8 Å². The highest BCUT2D eigenvalue weighted by Crippen LogP contribution is 2.15. The molecule has 0 spiro atoms. The summed E-state index contributed by atoms with van der Waals surface area (Å²) in [4.78, 5) is 24.6. The fraction of sp³-hybridized carbons (Fsp3) is 0.412. The molecule has 25 heavy (non-hydrogen) atoms. The van der Waals surface area contributed by atoms with Crippen molar-refractivity contribution in [1.82, 2.24) is 25.6 Å². The predicted octanol–water partition coefficient (Wildman–Crippen LogP) is 0.855. The van der Waals surface area contributed by atoms with Crippen molar-refractivity contribution in [3.63, 3.8) is 0 Å². The Morgan fingerprint density at radius 1 is 1.40 bits per heavy atom. The smallest absolute Gasteiger partial charge is 0.274 e. The van der Waals surface area contributed by atoms with Crippen LogP contribution in [0.1, 0.15) is 34.8 Å². The van der Waals surface area contributed by atoms with Crippen LogP contribution in [-0.4, -0.2) is 46.0 Å². The first-order valence-corrected chi connectivity index (χ1v) is 8.26. The molecule has 1 aliphatic heterocycles. The lowest BCUT2D eigenvalue weighted by Crippen LogP contribution is -2.48. The average molecular weight is 343 g/mol. The van der Waals surface area contributed by atoms with E-state index in [1.54, 1.807) is 0 Å². The van der Waals surface area contributed by atoms with Gasteiger partial charge in [0.1, 0.15) is 12.4 Å². The molecule has 0 saturated heterocycles. The Labute approximate surface area is 145 Å². The van der Waals surface area contributed by atoms with E-state index in [0.29, 0.717) is 19.7 Å². The number of amides is 2. The van der Waals surface area contributed by atoms with E-state index in [1.807, 2.05) is 44.2 Å². The van der Waals surface area contributed by atoms with Crippen LogP contribution < -0.4 is 15.4 Å². The lowest BCUT2D eigenvalue weighted by Gasteiger charge is -2.27. The lowest BCUT2D eigenvalue weighted by atomic mass is 10.0. The largest absolute Gasteiger partial charge is 0.492 e. The van der Waals surface area contributed by atoms with Crippen LogP contribution in [-0.2, 0) is 6.54 Å². The molecular weight excluding hydrogens is 322 g/mol. The average Bonchev–Trinajstić information content (AvgIpc) is 3.04. The Hall–Kier alpha value is -2.90. The van der Waals surface area contributed by atoms with Crippen LogP contribution in [0.15, 0.2) is 30.3 Å². The van der Waals surface area contributed by atoms with Gasteiger partial charge in [-0.1, -0.05) is 37.3 Å². The third-order valence-electron chi connectivity index (χ3n) is 4.06. The van der Waals surface area contributed by atoms with E-state index in [1.165, 1.54) is 4.68 Å². The molecule has 3 rings (SSSR count). The molecule has 1 aromatic carbocycles. The summed E-state index contributed by atoms with van der Waals surface area (Å²) in [5.41, 5.74) is 0.248. The standard InChI is InChI=1S/C17H21N5O3/c1-11(2)13-10-22-15(17(24)19-13)14(20-21-22)16(23)18-8-9-25-12-6-4-3-5-7-12/h3-7,11,13H,8-10H2,1-2H3,(H,18,23)(H,19,24). The highest BCUT2D eigenvalue weighted by molar-refractivity contribution is 6.05. The van der Waals surface area contributed by atoms with Crippen molar-refractivity contribution in [3.05, 3.63) is 41.7 Å². The molecule has 0 saturated carbocycles. The molecule has 2 aromatic rings. The van der Waals surface area contributed by atoms with E-state index in [-0.39, 0.29) is 29.3 Å². The minimum atomic E-state index is -0.434. The van der Waals surface area contributed by atoms with Gasteiger partial charge in [-0.25, -0.2) is 4.68 Å². The zero-order chi connectivity index (χ0) is 17.8. The Kier molecular flexibility index (Phi) is 4.97. The number of fused-ring (bicyclic) bond motifs is 1. The number of hydrogen-bond acceptors (Lipinski definition) is 5. The zero-order valence-corrected chi connectivity index (χ0v) is 14.2. The summed E-state index contributed by atoms with van der Waals surface area (Å²) in [6.45, 7) is 5.17. The van der Waals surface area contributed by atoms with Crippen molar-refractivity contribution in [1.29, 1.82) is 0 Å². The summed E-state index contributed by atoms with van der Waals surface area (Å²) in [5.74, 6) is 0.252. The molecule has 1 atom stereocenters. The number of rotatable bonds is 6. The second-order valence-electron chi connectivity index (χ2n) is 6.21. The van der Waals surface area contributed by atoms with E-state index < -0.39 is 5.91 Å². The van der Waals surface area contributed by atoms with Crippen molar-refractivity contribution < 1.29 is 14.3 Å². The van der Waals surface area contributed by atoms with Gasteiger partial charge in [0.05, 0.1) is 19.1 Å². The molecule has 1 aromatic heterocycles. The summed E-state index contributed by atoms with van der Waals surface area (Å²) in [6.07, 6.45) is 0. The van der Waals surface area contributed by atoms with Crippen LogP contribution in [0.4, 0.5) is 0 Å². The van der Waals surface area contributed by atoms with E-state index >= 15 is 0 Å². The van der Waals surface area contributed by atoms with Crippen molar-refractivity contribution in [2.75, 3.05) is 13.2 Å². The molecule has 2 heterocycles. The molecule has 1 aliphatic rings. The number of carbonyl (C=O) groups is 2. The van der Waals surface area contributed by atoms with Gasteiger partial charge in [-0.05, 0) is 18.1 Å². The molecule has 0 bridgehead atoms. The number of benzene rings is 1. The number of carbonyl (C=O) groups excluding carboxylic acids is 2. The highest BCUT2D eigenvalue weighted by Gasteiger charge is 2.32. The molecule has 0 fully saturated rings. The lowest BCUT2D eigenvalue weighted by molar-refractivity contribution is 0.0861. The number of nitrogens with zero attached hydrogens (tertiary/aromatic N) is 3. The molecule has 0 aliphatic carbocycles. The minimum absolute atomic E-state index is 0.0168. The third kappa shape index (κ3) is 3.78. The minimum Gasteiger partial charge on any atom is -0.492 e. The molecule has 132 valence electrons. The van der Waals surface area contributed by atoms with Gasteiger partial charge in [-0.2, -0.15) is 0 Å². The van der Waals surface area contributed by atoms with E-state index in [2.05, 4.69) is 20.9 Å². The van der Waals surface area contributed by atoms with Gasteiger partial charge in [0, 0.05) is 0 Å². The van der Waals surface area contributed by atoms with Gasteiger partial charge in [0.2, 0.25) is 0 Å². The Balaban J connectivity index is 1.58. The molecule has 8 heteroatoms. The monoisotopic (exact) mass is 343 g/mol. The van der Waals surface area contributed by atoms with Gasteiger partial charge in [-0.3, -0.25) is 9.59 Å². The first-order valence-electron chi connectivity index (χ1n) is 8.26. The summed E-state index contributed by atoms with van der Waals surface area (Å²) < 4.78 is 7.01. The van der Waals surface area contributed by atoms with Crippen molar-refractivity contribution in [2.45, 2.75) is 26.4 Å². The van der Waals surface area contributed by atoms with Crippen molar-refractivity contribution in [3.8, 4) is 5.75 Å². The summed E-state index contributed by atoms with van der Waals surface area (Å²) in [7, 11) is 0. The summed E-state index contributed by atoms with van der Waals surface area (Å²) >= 11 is 0. The van der Waals surface area contributed by atoms with Crippen molar-refractivity contribution in [2.24, 2.45) is 5.92 Å². The van der Waals surface area contributed by atoms with Crippen LogP contribution in [0.25, 0.3) is 0 Å². The third-order valence-corrected chi connectivity index (χ3v) is 4.06. The number of nitrogens with one attached hydrogen (secondary N) is 2. The van der Waals surface area contributed by atoms with Crippen LogP contribution >= 0.6 is 0 Å². The Bertz CT molecular complexity index is 757. The Morgan fingerprint density at radius 3 is 2.88 bits per heavy atom. The fourth-order valence-corrected chi connectivity index (χ4v) is 2.60. The first kappa shape index (κ1) is 16.9. The second-order valence-corrected chi connectivity index (χ2v) is 6.21. The molecule has 1 unspecified atom stereocenters. The quantitative estimate of drug-likeness (QED) is 0.758. The van der Waals surface area contributed by atoms with Gasteiger partial charge in [0.15, 0.2) is 11.4 Å². The number of aromatic nitrogens is 3. The zero-order valence-electron chi connectivity index (χ0n) is 14.2. The SMILES string of the molecule is CC(C)C1Cn2nnc(C(=O)NCCOc3ccccc3)c2C(=O)N1. The molecule has 2 amide bonds. The maximum absolute atomic E-state index is 12.3. The topological polar surface area (TPSA) is 98.1 Å². The van der Waals surface area contributed by atoms with Gasteiger partial charge < -0.3 is 15.4 Å². The molecule has 8 nitrogen and oxygen atoms in total. The first-order chi connectivity index (χ1) is 12.1. The van der Waals surface area contributed by atoms with E-state index in [0.717, 1.165) is 5.75 Å². The van der Waals surface area contributed by atoms with Crippen LogP contribution in [0.5, 0.6) is 5.75 Å². The second kappa shape index (κ2) is 7.33. The summed E-state index contributed by atoms with van der Waals surface area (Å²) in [6, 6.07) is 9.31. The van der Waals surface area contributed by atoms with Gasteiger partial charge in [-0.15, -0.1) is 5.10 Å². The van der Waals surface area contributed by atoms with E-state index in [4.69, 9.17) is 4.74 Å². The van der Waals surface area contributed by atoms with E-state index in [9.17, 15) is 9.59 Å². The van der Waals surface area contributed by atoms with Gasteiger partial charge >= 0.3 is 0 Å². The number of hydrogen-bond donors (Lipinski definition) is 2. The number of ether oxygens (including phenoxy) is 1. The Morgan fingerprint density at radius 2 is 2.16 bits per heavy atom. The maximum atomic E-state index is 12.3. The molecule has 0 radical (unpaired) electrons. The van der Waals surface area contributed by atoms with Gasteiger partial charge in [0.25, 0.3) is 11.8 Å². The predicted molar refractivity (Wildman–Crippen MR) is 90.4 cm³/mol. The normalized spacial score (nSPS) is 16.3. The maximum Gasteiger partial charge on any atom is 0.274 e. The fourth-order valence-electron chi connectivity index (χ4n) is 2.60. The van der Waals surface area contributed by atoms with Crippen LogP contribution in [0.3, 0.4) is 0 Å². The number of para-hydroxylation sites is 1. The summed E-state index contributed by atoms with van der Waals surface area (Å²) in [5, 5.41) is 13.4. The molecular formula is C17H21N5O3. The molecule has 2 N–H and O–H groups in total. The highest BCUT2D eigenvalue weighted by atomic mass is 16.5. The van der Waals surface area contributed by atoms with Crippen LogP contribution in [0.2, 0.25) is 0 Å². The van der Waals surface area contributed by atoms with Crippen LogP contribution in [0, 0.1) is 5.92 Å².